The molecule has 1 amide bonds. The minimum Gasteiger partial charge on any atom is -0.460 e. The lowest BCUT2D eigenvalue weighted by atomic mass is 9.94. The Morgan fingerprint density at radius 1 is 1.06 bits per heavy atom. The van der Waals surface area contributed by atoms with Crippen LogP contribution in [0, 0.1) is 11.7 Å². The van der Waals surface area contributed by atoms with Crippen molar-refractivity contribution in [2.75, 3.05) is 13.1 Å². The molecule has 168 valence electrons. The van der Waals surface area contributed by atoms with E-state index in [-0.39, 0.29) is 17.6 Å². The van der Waals surface area contributed by atoms with Crippen LogP contribution in [-0.4, -0.2) is 28.9 Å². The second-order valence-electron chi connectivity index (χ2n) is 8.55. The molecule has 2 aromatic heterocycles. The van der Waals surface area contributed by atoms with E-state index in [1.165, 1.54) is 12.1 Å². The van der Waals surface area contributed by atoms with Crippen molar-refractivity contribution in [3.05, 3.63) is 102 Å². The number of rotatable bonds is 6. The van der Waals surface area contributed by atoms with Crippen LogP contribution < -0.4 is 5.32 Å². The summed E-state index contributed by atoms with van der Waals surface area (Å²) in [5.41, 5.74) is 2.45. The average molecular weight is 444 g/mol. The first-order valence-corrected chi connectivity index (χ1v) is 11.3. The predicted molar refractivity (Wildman–Crippen MR) is 125 cm³/mol. The first-order chi connectivity index (χ1) is 16.2. The number of fused-ring (bicyclic) bond motifs is 1. The van der Waals surface area contributed by atoms with Crippen LogP contribution in [-0.2, 0) is 11.3 Å². The third kappa shape index (κ3) is 4.96. The number of pyridine rings is 1. The molecular formula is C27H26FN3O2. The van der Waals surface area contributed by atoms with Gasteiger partial charge in [0, 0.05) is 17.5 Å². The number of halogens is 1. The molecule has 2 aromatic carbocycles. The standard InChI is InChI=1S/C27H26FN3O2/c28-22-10-8-19(9-11-22)26(24-6-3-4-14-29-24)30-27(32)20-12-15-31(16-13-20)18-23-17-21-5-1-2-7-25(21)33-23/h1-11,14,17,20,26H,12-13,15-16,18H2,(H,30,32)/t26-/m1/s1. The summed E-state index contributed by atoms with van der Waals surface area (Å²) in [5.74, 6) is 0.592. The van der Waals surface area contributed by atoms with Gasteiger partial charge in [-0.3, -0.25) is 14.7 Å². The summed E-state index contributed by atoms with van der Waals surface area (Å²) in [6, 6.07) is 21.5. The van der Waals surface area contributed by atoms with Crippen molar-refractivity contribution in [2.45, 2.75) is 25.4 Å². The third-order valence-corrected chi connectivity index (χ3v) is 6.29. The maximum atomic E-state index is 13.4. The minimum atomic E-state index is -0.409. The van der Waals surface area contributed by atoms with Crippen LogP contribution in [0.15, 0.2) is 83.4 Å². The largest absolute Gasteiger partial charge is 0.460 e. The van der Waals surface area contributed by atoms with Crippen molar-refractivity contribution >= 4 is 16.9 Å². The predicted octanol–water partition coefficient (Wildman–Crippen LogP) is 5.08. The molecule has 6 heteroatoms. The molecule has 0 bridgehead atoms. The van der Waals surface area contributed by atoms with Gasteiger partial charge in [-0.25, -0.2) is 4.39 Å². The third-order valence-electron chi connectivity index (χ3n) is 6.29. The highest BCUT2D eigenvalue weighted by Gasteiger charge is 2.28. The van der Waals surface area contributed by atoms with Crippen LogP contribution in [0.1, 0.15) is 35.9 Å². The zero-order valence-corrected chi connectivity index (χ0v) is 18.3. The van der Waals surface area contributed by atoms with Crippen LogP contribution in [0.5, 0.6) is 0 Å². The molecule has 1 N–H and O–H groups in total. The number of nitrogens with zero attached hydrogens (tertiary/aromatic N) is 2. The SMILES string of the molecule is O=C(N[C@H](c1ccc(F)cc1)c1ccccn1)C1CCN(Cc2cc3ccccc3o2)CC1. The molecule has 4 aromatic rings. The van der Waals surface area contributed by atoms with E-state index < -0.39 is 6.04 Å². The Morgan fingerprint density at radius 3 is 2.55 bits per heavy atom. The first kappa shape index (κ1) is 21.3. The molecular weight excluding hydrogens is 417 g/mol. The molecule has 1 fully saturated rings. The van der Waals surface area contributed by atoms with Gasteiger partial charge in [-0.15, -0.1) is 0 Å². The zero-order chi connectivity index (χ0) is 22.6. The number of hydrogen-bond acceptors (Lipinski definition) is 4. The van der Waals surface area contributed by atoms with Crippen molar-refractivity contribution in [1.29, 1.82) is 0 Å². The average Bonchev–Trinajstić information content (AvgIpc) is 3.26. The Kier molecular flexibility index (Phi) is 6.17. The number of nitrogens with one attached hydrogen (secondary N) is 1. The highest BCUT2D eigenvalue weighted by atomic mass is 19.1. The molecule has 1 atom stereocenters. The molecule has 0 radical (unpaired) electrons. The van der Waals surface area contributed by atoms with Crippen LogP contribution >= 0.6 is 0 Å². The zero-order valence-electron chi connectivity index (χ0n) is 18.3. The summed E-state index contributed by atoms with van der Waals surface area (Å²) in [6.45, 7) is 2.41. The summed E-state index contributed by atoms with van der Waals surface area (Å²) >= 11 is 0. The van der Waals surface area contributed by atoms with Crippen molar-refractivity contribution in [2.24, 2.45) is 5.92 Å². The van der Waals surface area contributed by atoms with Gasteiger partial charge in [-0.05, 0) is 67.9 Å². The van der Waals surface area contributed by atoms with E-state index in [9.17, 15) is 9.18 Å². The lowest BCUT2D eigenvalue weighted by Crippen LogP contribution is -2.41. The van der Waals surface area contributed by atoms with Crippen molar-refractivity contribution < 1.29 is 13.6 Å². The maximum Gasteiger partial charge on any atom is 0.224 e. The number of hydrogen-bond donors (Lipinski definition) is 1. The van der Waals surface area contributed by atoms with Gasteiger partial charge in [0.05, 0.1) is 18.3 Å². The molecule has 3 heterocycles. The lowest BCUT2D eigenvalue weighted by molar-refractivity contribution is -0.127. The Balaban J connectivity index is 1.22. The fourth-order valence-corrected chi connectivity index (χ4v) is 4.48. The number of benzene rings is 2. The Labute approximate surface area is 192 Å². The van der Waals surface area contributed by atoms with Crippen LogP contribution in [0.2, 0.25) is 0 Å². The number of furan rings is 1. The van der Waals surface area contributed by atoms with E-state index >= 15 is 0 Å². The molecule has 1 saturated heterocycles. The second kappa shape index (κ2) is 9.55. The highest BCUT2D eigenvalue weighted by Crippen LogP contribution is 2.26. The van der Waals surface area contributed by atoms with Gasteiger partial charge >= 0.3 is 0 Å². The molecule has 0 unspecified atom stereocenters. The number of amides is 1. The van der Waals surface area contributed by atoms with Gasteiger partial charge in [0.1, 0.15) is 17.2 Å². The molecule has 5 nitrogen and oxygen atoms in total. The monoisotopic (exact) mass is 443 g/mol. The van der Waals surface area contributed by atoms with E-state index in [0.29, 0.717) is 0 Å². The van der Waals surface area contributed by atoms with Gasteiger partial charge in [-0.1, -0.05) is 36.4 Å². The number of carbonyl (C=O) groups is 1. The van der Waals surface area contributed by atoms with E-state index in [4.69, 9.17) is 4.42 Å². The van der Waals surface area contributed by atoms with Gasteiger partial charge in [0.25, 0.3) is 0 Å². The number of aromatic nitrogens is 1. The maximum absolute atomic E-state index is 13.4. The van der Waals surface area contributed by atoms with Gasteiger partial charge in [0.15, 0.2) is 0 Å². The molecule has 0 saturated carbocycles. The summed E-state index contributed by atoms with van der Waals surface area (Å²) in [5, 5.41) is 4.27. The molecule has 1 aliphatic rings. The van der Waals surface area contributed by atoms with Crippen molar-refractivity contribution in [1.82, 2.24) is 15.2 Å². The summed E-state index contributed by atoms with van der Waals surface area (Å²) in [6.07, 6.45) is 3.27. The fraction of sp³-hybridized carbons (Fsp3) is 0.259. The summed E-state index contributed by atoms with van der Waals surface area (Å²) < 4.78 is 19.4. The Morgan fingerprint density at radius 2 is 1.82 bits per heavy atom. The summed E-state index contributed by atoms with van der Waals surface area (Å²) in [4.78, 5) is 19.9. The Bertz CT molecular complexity index is 1180. The van der Waals surface area contributed by atoms with Gasteiger partial charge in [-0.2, -0.15) is 0 Å². The highest BCUT2D eigenvalue weighted by molar-refractivity contribution is 5.79. The number of carbonyl (C=O) groups excluding carboxylic acids is 1. The number of piperidine rings is 1. The quantitative estimate of drug-likeness (QED) is 0.451. The number of para-hydroxylation sites is 1. The molecule has 0 spiro atoms. The van der Waals surface area contributed by atoms with Crippen molar-refractivity contribution in [3.8, 4) is 0 Å². The van der Waals surface area contributed by atoms with Gasteiger partial charge in [0.2, 0.25) is 5.91 Å². The van der Waals surface area contributed by atoms with Crippen molar-refractivity contribution in [3.63, 3.8) is 0 Å². The van der Waals surface area contributed by atoms with E-state index in [0.717, 1.165) is 60.5 Å². The topological polar surface area (TPSA) is 58.4 Å². The van der Waals surface area contributed by atoms with Crippen LogP contribution in [0.25, 0.3) is 11.0 Å². The second-order valence-corrected chi connectivity index (χ2v) is 8.55. The molecule has 0 aliphatic carbocycles. The van der Waals surface area contributed by atoms with Crippen LogP contribution in [0.4, 0.5) is 4.39 Å². The van der Waals surface area contributed by atoms with E-state index in [1.807, 2.05) is 36.4 Å². The first-order valence-electron chi connectivity index (χ1n) is 11.3. The molecule has 33 heavy (non-hydrogen) atoms. The Hall–Kier alpha value is -3.51. The lowest BCUT2D eigenvalue weighted by Gasteiger charge is -2.31. The normalized spacial score (nSPS) is 16.0. The molecule has 5 rings (SSSR count). The number of likely N-dealkylation sites (tertiary alicyclic amines) is 1. The summed E-state index contributed by atoms with van der Waals surface area (Å²) in [7, 11) is 0. The van der Waals surface area contributed by atoms with Gasteiger partial charge < -0.3 is 9.73 Å². The smallest absolute Gasteiger partial charge is 0.224 e. The minimum absolute atomic E-state index is 0.0124. The van der Waals surface area contributed by atoms with E-state index in [2.05, 4.69) is 27.3 Å². The fourth-order valence-electron chi connectivity index (χ4n) is 4.48. The van der Waals surface area contributed by atoms with Crippen LogP contribution in [0.3, 0.4) is 0 Å². The van der Waals surface area contributed by atoms with E-state index in [1.54, 1.807) is 18.3 Å². The molecule has 1 aliphatic heterocycles.